The van der Waals surface area contributed by atoms with Crippen molar-refractivity contribution in [3.63, 3.8) is 0 Å². The molecule has 124 valence electrons. The van der Waals surface area contributed by atoms with E-state index in [2.05, 4.69) is 115 Å². The number of halogens is 2. The minimum Gasteiger partial charge on any atom is -0.377 e. The largest absolute Gasteiger partial charge is 0.377 e. The maximum absolute atomic E-state index is 3.89. The van der Waals surface area contributed by atoms with Crippen LogP contribution >= 0.6 is 45.7 Å². The third-order valence-electron chi connectivity index (χ3n) is 5.32. The van der Waals surface area contributed by atoms with Crippen molar-refractivity contribution in [1.82, 2.24) is 0 Å². The quantitative estimate of drug-likeness (QED) is 0.260. The molecule has 1 heterocycles. The molecular weight excluding hydrogens is 522 g/mol. The second-order valence-corrected chi connectivity index (χ2v) is 10.6. The van der Waals surface area contributed by atoms with Crippen LogP contribution in [0.2, 0.25) is 0 Å². The van der Waals surface area contributed by atoms with Crippen LogP contribution in [0.25, 0.3) is 0 Å². The van der Waals surface area contributed by atoms with E-state index in [1.54, 1.807) is 0 Å². The highest BCUT2D eigenvalue weighted by molar-refractivity contribution is 14.2. The summed E-state index contributed by atoms with van der Waals surface area (Å²) in [6.07, 6.45) is 5.93. The zero-order chi connectivity index (χ0) is 16.8. The van der Waals surface area contributed by atoms with E-state index in [-0.39, 0.29) is 0 Å². The molecule has 1 N–H and O–H groups in total. The average Bonchev–Trinajstić information content (AvgIpc) is 3.05. The smallest absolute Gasteiger partial charge is 0.0697 e. The summed E-state index contributed by atoms with van der Waals surface area (Å²) in [6.45, 7) is 4.37. The molecule has 2 aliphatic rings. The predicted octanol–water partition coefficient (Wildman–Crippen LogP) is 6.64. The maximum atomic E-state index is 3.89. The lowest BCUT2D eigenvalue weighted by Crippen LogP contribution is -2.30. The Hall–Kier alpha value is -0.760. The van der Waals surface area contributed by atoms with E-state index in [1.165, 1.54) is 33.6 Å². The summed E-state index contributed by atoms with van der Waals surface area (Å²) in [7, 11) is 0. The number of hydrogen-bond donors (Lipinski definition) is 1. The molecule has 2 aromatic carbocycles. The van der Waals surface area contributed by atoms with E-state index in [9.17, 15) is 0 Å². The van der Waals surface area contributed by atoms with Gasteiger partial charge in [0.25, 0.3) is 0 Å². The molecule has 3 atom stereocenters. The first-order chi connectivity index (χ1) is 11.6. The topological polar surface area (TPSA) is 15.3 Å². The van der Waals surface area contributed by atoms with Gasteiger partial charge in [-0.15, -0.1) is 0 Å². The number of allylic oxidation sites excluding steroid dienone is 2. The van der Waals surface area contributed by atoms with Crippen molar-refractivity contribution >= 4 is 57.1 Å². The molecule has 0 aromatic heterocycles. The van der Waals surface area contributed by atoms with Crippen molar-refractivity contribution in [2.75, 3.05) is 6.64 Å². The Morgan fingerprint density at radius 1 is 1.04 bits per heavy atom. The van der Waals surface area contributed by atoms with E-state index in [0.29, 0.717) is 17.9 Å². The van der Waals surface area contributed by atoms with E-state index in [0.717, 1.165) is 6.42 Å². The van der Waals surface area contributed by atoms with Crippen molar-refractivity contribution in [2.45, 2.75) is 32.2 Å². The van der Waals surface area contributed by atoms with Crippen LogP contribution in [0.15, 0.2) is 48.6 Å². The molecule has 4 heteroatoms. The summed E-state index contributed by atoms with van der Waals surface area (Å²) < 4.78 is 2.19. The van der Waals surface area contributed by atoms with Crippen molar-refractivity contribution in [2.24, 2.45) is 5.92 Å². The van der Waals surface area contributed by atoms with Crippen LogP contribution in [-0.2, 0) is 0 Å². The molecule has 24 heavy (non-hydrogen) atoms. The highest BCUT2D eigenvalue weighted by Crippen LogP contribution is 2.54. The number of anilines is 2. The Balaban J connectivity index is 1.85. The molecule has 4 rings (SSSR count). The average molecular weight is 542 g/mol. The second-order valence-electron chi connectivity index (χ2n) is 6.81. The minimum absolute atomic E-state index is 0.379. The number of rotatable bonds is 2. The summed E-state index contributed by atoms with van der Waals surface area (Å²) in [5, 5.41) is 3.89. The molecule has 0 saturated carbocycles. The van der Waals surface area contributed by atoms with Crippen LogP contribution < -0.4 is 6.64 Å². The Bertz CT molecular complexity index is 796. The molecule has 1 aliphatic heterocycles. The molecule has 0 amide bonds. The Kier molecular flexibility index (Phi) is 4.53. The first-order valence-electron chi connectivity index (χ1n) is 8.31. The van der Waals surface area contributed by atoms with Crippen LogP contribution in [0.4, 0.5) is 11.4 Å². The number of nitrogens with one attached hydrogen (secondary N) is 1. The molecule has 3 unspecified atom stereocenters. The lowest BCUT2D eigenvalue weighted by molar-refractivity contribution is 0.426. The zero-order valence-electron chi connectivity index (χ0n) is 13.8. The van der Waals surface area contributed by atoms with Gasteiger partial charge >= 0.3 is 0 Å². The predicted molar refractivity (Wildman–Crippen MR) is 119 cm³/mol. The van der Waals surface area contributed by atoms with Gasteiger partial charge in [0.1, 0.15) is 0 Å². The number of fused-ring (bicyclic) bond motifs is 3. The van der Waals surface area contributed by atoms with E-state index in [1.807, 2.05) is 0 Å². The Morgan fingerprint density at radius 3 is 2.50 bits per heavy atom. The monoisotopic (exact) mass is 542 g/mol. The molecule has 0 fully saturated rings. The van der Waals surface area contributed by atoms with Crippen LogP contribution in [0, 0.1) is 19.8 Å². The fourth-order valence-electron chi connectivity index (χ4n) is 4.09. The molecule has 0 saturated heterocycles. The highest BCUT2D eigenvalue weighted by atomic mass is 127. The molecule has 2 aromatic rings. The summed E-state index contributed by atoms with van der Waals surface area (Å²) in [5.41, 5.74) is 8.15. The number of benzene rings is 2. The van der Waals surface area contributed by atoms with Gasteiger partial charge in [0, 0.05) is 17.2 Å². The van der Waals surface area contributed by atoms with Gasteiger partial charge in [-0.1, -0.05) is 48.0 Å². The van der Waals surface area contributed by atoms with Gasteiger partial charge in [0.05, 0.1) is 57.5 Å². The van der Waals surface area contributed by atoms with E-state index < -0.39 is 0 Å². The lowest BCUT2D eigenvalue weighted by Gasteiger charge is -2.39. The van der Waals surface area contributed by atoms with Crippen molar-refractivity contribution in [1.29, 1.82) is 0 Å². The van der Waals surface area contributed by atoms with Crippen LogP contribution in [0.1, 0.15) is 40.6 Å². The second kappa shape index (κ2) is 6.52. The number of aryl methyl sites for hydroxylation is 2. The fraction of sp³-hybridized carbons (Fsp3) is 0.300. The zero-order valence-corrected chi connectivity index (χ0v) is 18.1. The molecular formula is C20H20I2N2. The van der Waals surface area contributed by atoms with Crippen molar-refractivity contribution < 1.29 is 0 Å². The molecule has 0 bridgehead atoms. The summed E-state index contributed by atoms with van der Waals surface area (Å²) in [4.78, 5) is 0. The van der Waals surface area contributed by atoms with Gasteiger partial charge in [-0.3, -0.25) is 1.33 Å². The van der Waals surface area contributed by atoms with Gasteiger partial charge in [-0.2, -0.15) is 0 Å². The normalized spacial score (nSPS) is 24.2. The molecule has 0 radical (unpaired) electrons. The van der Waals surface area contributed by atoms with E-state index >= 15 is 0 Å². The summed E-state index contributed by atoms with van der Waals surface area (Å²) in [6, 6.07) is 13.9. The van der Waals surface area contributed by atoms with Gasteiger partial charge in [-0.05, 0) is 43.4 Å². The van der Waals surface area contributed by atoms with Crippen LogP contribution in [-0.4, -0.2) is 0 Å². The van der Waals surface area contributed by atoms with Gasteiger partial charge < -0.3 is 5.32 Å². The number of nitrogens with zero attached hydrogens (tertiary/aromatic N) is 1. The lowest BCUT2D eigenvalue weighted by atomic mass is 9.75. The van der Waals surface area contributed by atoms with Gasteiger partial charge in [0.15, 0.2) is 0 Å². The van der Waals surface area contributed by atoms with Crippen molar-refractivity contribution in [3.05, 3.63) is 70.8 Å². The maximum Gasteiger partial charge on any atom is 0.0697 e. The van der Waals surface area contributed by atoms with Gasteiger partial charge in [-0.25, -0.2) is 0 Å². The Morgan fingerprint density at radius 2 is 1.79 bits per heavy atom. The summed E-state index contributed by atoms with van der Waals surface area (Å²) in [5.74, 6) is 1.09. The third kappa shape index (κ3) is 2.75. The Labute approximate surface area is 171 Å². The molecule has 1 aliphatic carbocycles. The number of hydrogen-bond acceptors (Lipinski definition) is 2. The molecule has 0 spiro atoms. The fourth-order valence-corrected chi connectivity index (χ4v) is 4.93. The van der Waals surface area contributed by atoms with E-state index in [4.69, 9.17) is 0 Å². The first-order valence-corrected chi connectivity index (χ1v) is 10.2. The summed E-state index contributed by atoms with van der Waals surface area (Å²) >= 11 is 4.74. The van der Waals surface area contributed by atoms with Crippen LogP contribution in [0.3, 0.4) is 0 Å². The highest BCUT2D eigenvalue weighted by Gasteiger charge is 2.40. The SMILES string of the molecule is Cc1ccc(C2Nc3c(C)ccc(N(I)I)c3C3C=CCC32)cc1. The van der Waals surface area contributed by atoms with Crippen LogP contribution in [0.5, 0.6) is 0 Å². The molecule has 2 nitrogen and oxygen atoms in total. The minimum atomic E-state index is 0.379. The van der Waals surface area contributed by atoms with Crippen molar-refractivity contribution in [3.8, 4) is 0 Å². The van der Waals surface area contributed by atoms with Gasteiger partial charge in [0.2, 0.25) is 0 Å². The third-order valence-corrected chi connectivity index (χ3v) is 6.36. The standard InChI is InChI=1S/C20H20I2N2/c1-12-6-9-14(10-7-12)20-16-5-3-4-15(16)18-17(24(21)22)11-8-13(2)19(18)23-20/h3-4,6-11,15-16,20,23H,5H2,1-2H3. The first kappa shape index (κ1) is 16.7.